The highest BCUT2D eigenvalue weighted by Crippen LogP contribution is 2.26. The van der Waals surface area contributed by atoms with Crippen LogP contribution in [-0.2, 0) is 0 Å². The predicted octanol–water partition coefficient (Wildman–Crippen LogP) is 3.33. The van der Waals surface area contributed by atoms with Crippen LogP contribution in [0.1, 0.15) is 0 Å². The lowest BCUT2D eigenvalue weighted by Gasteiger charge is -2.06. The van der Waals surface area contributed by atoms with Crippen molar-refractivity contribution in [3.8, 4) is 17.1 Å². The lowest BCUT2D eigenvalue weighted by Crippen LogP contribution is -2.00. The van der Waals surface area contributed by atoms with Gasteiger partial charge >= 0.3 is 0 Å². The molecule has 1 aromatic heterocycles. The van der Waals surface area contributed by atoms with Gasteiger partial charge in [-0.25, -0.2) is 0 Å². The average molecular weight is 351 g/mol. The molecule has 0 bridgehead atoms. The minimum absolute atomic E-state index is 0.617. The minimum atomic E-state index is 0.617. The van der Waals surface area contributed by atoms with Crippen molar-refractivity contribution in [1.29, 1.82) is 0 Å². The third-order valence-electron chi connectivity index (χ3n) is 2.79. The van der Waals surface area contributed by atoms with Crippen LogP contribution in [0.3, 0.4) is 0 Å². The van der Waals surface area contributed by atoms with Crippen LogP contribution in [0.5, 0.6) is 0 Å². The third-order valence-corrected chi connectivity index (χ3v) is 3.77. The number of hydrogen-bond acceptors (Lipinski definition) is 4. The van der Waals surface area contributed by atoms with Crippen LogP contribution in [0.4, 0.5) is 5.69 Å². The molecule has 7 heteroatoms. The zero-order valence-electron chi connectivity index (χ0n) is 10.2. The van der Waals surface area contributed by atoms with Gasteiger partial charge in [0.05, 0.1) is 5.69 Å². The fourth-order valence-electron chi connectivity index (χ4n) is 1.81. The lowest BCUT2D eigenvalue weighted by molar-refractivity contribution is 0.791. The number of benzene rings is 2. The Morgan fingerprint density at radius 3 is 2.55 bits per heavy atom. The van der Waals surface area contributed by atoms with Gasteiger partial charge in [-0.05, 0) is 68.8 Å². The topological polar surface area (TPSA) is 69.6 Å². The second kappa shape index (κ2) is 5.22. The normalized spacial score (nSPS) is 10.7. The predicted molar refractivity (Wildman–Crippen MR) is 81.7 cm³/mol. The first-order chi connectivity index (χ1) is 9.65. The number of rotatable bonds is 2. The van der Waals surface area contributed by atoms with Crippen molar-refractivity contribution in [1.82, 2.24) is 20.2 Å². The van der Waals surface area contributed by atoms with Crippen LogP contribution >= 0.6 is 27.5 Å². The molecule has 0 amide bonds. The molecule has 0 aliphatic rings. The zero-order chi connectivity index (χ0) is 14.1. The van der Waals surface area contributed by atoms with Crippen molar-refractivity contribution in [2.45, 2.75) is 0 Å². The molecule has 5 nitrogen and oxygen atoms in total. The Kier molecular flexibility index (Phi) is 3.42. The molecule has 3 rings (SSSR count). The highest BCUT2D eigenvalue weighted by atomic mass is 79.9. The summed E-state index contributed by atoms with van der Waals surface area (Å²) in [6.07, 6.45) is 0. The number of hydrogen-bond donors (Lipinski definition) is 1. The number of nitrogens with zero attached hydrogens (tertiary/aromatic N) is 4. The van der Waals surface area contributed by atoms with E-state index >= 15 is 0 Å². The third kappa shape index (κ3) is 2.39. The van der Waals surface area contributed by atoms with E-state index < -0.39 is 0 Å². The van der Waals surface area contributed by atoms with Crippen LogP contribution in [0, 0.1) is 0 Å². The van der Waals surface area contributed by atoms with Crippen molar-refractivity contribution in [3.63, 3.8) is 0 Å². The fraction of sp³-hybridized carbons (Fsp3) is 0. The van der Waals surface area contributed by atoms with Gasteiger partial charge in [-0.15, -0.1) is 5.10 Å². The Labute approximate surface area is 128 Å². The van der Waals surface area contributed by atoms with Crippen LogP contribution in [-0.4, -0.2) is 20.2 Å². The van der Waals surface area contributed by atoms with Crippen molar-refractivity contribution in [2.75, 3.05) is 5.73 Å². The second-order valence-electron chi connectivity index (χ2n) is 4.13. The summed E-state index contributed by atoms with van der Waals surface area (Å²) in [6.45, 7) is 0. The number of halogens is 2. The van der Waals surface area contributed by atoms with Gasteiger partial charge in [-0.3, -0.25) is 0 Å². The fourth-order valence-corrected chi connectivity index (χ4v) is 2.18. The zero-order valence-corrected chi connectivity index (χ0v) is 12.5. The molecule has 2 aromatic carbocycles. The number of aromatic nitrogens is 4. The largest absolute Gasteiger partial charge is 0.398 e. The quantitative estimate of drug-likeness (QED) is 0.720. The lowest BCUT2D eigenvalue weighted by atomic mass is 10.2. The van der Waals surface area contributed by atoms with E-state index in [4.69, 9.17) is 17.3 Å². The van der Waals surface area contributed by atoms with Crippen LogP contribution in [0.25, 0.3) is 17.1 Å². The van der Waals surface area contributed by atoms with Gasteiger partial charge in [0.25, 0.3) is 0 Å². The van der Waals surface area contributed by atoms with Gasteiger partial charge in [-0.2, -0.15) is 4.68 Å². The Hall–Kier alpha value is -1.92. The molecular weight excluding hydrogens is 342 g/mol. The highest BCUT2D eigenvalue weighted by Gasteiger charge is 2.11. The van der Waals surface area contributed by atoms with Gasteiger partial charge in [0.2, 0.25) is 0 Å². The van der Waals surface area contributed by atoms with Crippen LogP contribution < -0.4 is 5.73 Å². The molecule has 0 spiro atoms. The summed E-state index contributed by atoms with van der Waals surface area (Å²) in [7, 11) is 0. The Balaban J connectivity index is 2.10. The number of nitrogen functional groups attached to an aromatic ring is 1. The summed E-state index contributed by atoms with van der Waals surface area (Å²) in [4.78, 5) is 0. The molecule has 0 radical (unpaired) electrons. The van der Waals surface area contributed by atoms with Crippen molar-refractivity contribution < 1.29 is 0 Å². The monoisotopic (exact) mass is 349 g/mol. The molecule has 0 atom stereocenters. The molecule has 1 heterocycles. The molecule has 3 aromatic rings. The Bertz CT molecular complexity index is 754. The molecule has 2 N–H and O–H groups in total. The van der Waals surface area contributed by atoms with E-state index in [1.165, 1.54) is 0 Å². The summed E-state index contributed by atoms with van der Waals surface area (Å²) in [5, 5.41) is 12.4. The molecule has 20 heavy (non-hydrogen) atoms. The maximum Gasteiger partial charge on any atom is 0.187 e. The van der Waals surface area contributed by atoms with E-state index in [-0.39, 0.29) is 0 Å². The summed E-state index contributed by atoms with van der Waals surface area (Å²) in [5.41, 5.74) is 8.19. The van der Waals surface area contributed by atoms with Gasteiger partial charge in [0.1, 0.15) is 0 Å². The van der Waals surface area contributed by atoms with Crippen molar-refractivity contribution in [2.24, 2.45) is 0 Å². The molecular formula is C13H9BrClN5. The van der Waals surface area contributed by atoms with E-state index in [2.05, 4.69) is 31.5 Å². The van der Waals surface area contributed by atoms with Crippen molar-refractivity contribution >= 4 is 33.2 Å². The molecule has 0 fully saturated rings. The molecule has 0 saturated heterocycles. The summed E-state index contributed by atoms with van der Waals surface area (Å²) >= 11 is 9.25. The number of anilines is 1. The maximum absolute atomic E-state index is 5.89. The van der Waals surface area contributed by atoms with Crippen molar-refractivity contribution in [3.05, 3.63) is 52.0 Å². The van der Waals surface area contributed by atoms with E-state index in [1.807, 2.05) is 30.3 Å². The van der Waals surface area contributed by atoms with E-state index in [9.17, 15) is 0 Å². The number of tetrazole rings is 1. The molecule has 0 saturated carbocycles. The van der Waals surface area contributed by atoms with Gasteiger partial charge in [0.15, 0.2) is 5.82 Å². The molecule has 0 unspecified atom stereocenters. The second-order valence-corrected chi connectivity index (χ2v) is 5.42. The highest BCUT2D eigenvalue weighted by molar-refractivity contribution is 9.10. The summed E-state index contributed by atoms with van der Waals surface area (Å²) < 4.78 is 2.48. The van der Waals surface area contributed by atoms with E-state index in [1.54, 1.807) is 16.8 Å². The van der Waals surface area contributed by atoms with Gasteiger partial charge < -0.3 is 5.73 Å². The van der Waals surface area contributed by atoms with E-state index in [0.717, 1.165) is 15.7 Å². The summed E-state index contributed by atoms with van der Waals surface area (Å²) in [6, 6.07) is 12.9. The molecule has 100 valence electrons. The van der Waals surface area contributed by atoms with Gasteiger partial charge in [0, 0.05) is 20.7 Å². The summed E-state index contributed by atoms with van der Waals surface area (Å²) in [5.74, 6) is 0.617. The van der Waals surface area contributed by atoms with Crippen LogP contribution in [0.15, 0.2) is 46.9 Å². The van der Waals surface area contributed by atoms with Gasteiger partial charge in [-0.1, -0.05) is 11.6 Å². The standard InChI is InChI=1S/C13H9BrClN5/c14-11-6-1-8(7-12(11)16)13-17-18-19-20(13)10-4-2-9(15)3-5-10/h1-7H,16H2. The molecule has 0 aliphatic heterocycles. The molecule has 0 aliphatic carbocycles. The Morgan fingerprint density at radius 1 is 1.10 bits per heavy atom. The minimum Gasteiger partial charge on any atom is -0.398 e. The average Bonchev–Trinajstić information content (AvgIpc) is 2.92. The smallest absolute Gasteiger partial charge is 0.187 e. The SMILES string of the molecule is Nc1cc(-c2nnnn2-c2ccc(Cl)cc2)ccc1Br. The van der Waals surface area contributed by atoms with Crippen LogP contribution in [0.2, 0.25) is 5.02 Å². The first-order valence-corrected chi connectivity index (χ1v) is 6.92. The number of nitrogens with two attached hydrogens (primary N) is 1. The first-order valence-electron chi connectivity index (χ1n) is 5.75. The van der Waals surface area contributed by atoms with E-state index in [0.29, 0.717) is 16.5 Å². The maximum atomic E-state index is 5.89. The first kappa shape index (κ1) is 13.1. The Morgan fingerprint density at radius 2 is 1.85 bits per heavy atom.